The van der Waals surface area contributed by atoms with E-state index in [0.29, 0.717) is 12.1 Å². The van der Waals surface area contributed by atoms with Gasteiger partial charge in [-0.3, -0.25) is 0 Å². The van der Waals surface area contributed by atoms with Gasteiger partial charge in [-0.05, 0) is 12.1 Å². The van der Waals surface area contributed by atoms with E-state index in [9.17, 15) is 26.7 Å². The number of rotatable bonds is 2. The van der Waals surface area contributed by atoms with Crippen molar-refractivity contribution in [2.24, 2.45) is 0 Å². The van der Waals surface area contributed by atoms with Crippen molar-refractivity contribution in [2.75, 3.05) is 0 Å². The first kappa shape index (κ1) is 12.3. The second-order valence-corrected chi connectivity index (χ2v) is 2.74. The number of pyridine rings is 1. The third kappa shape index (κ3) is 2.44. The van der Waals surface area contributed by atoms with Crippen LogP contribution in [0.1, 0.15) is 28.2 Å². The van der Waals surface area contributed by atoms with E-state index >= 15 is 0 Å². The summed E-state index contributed by atoms with van der Waals surface area (Å²) in [6.07, 6.45) is -8.48. The van der Waals surface area contributed by atoms with Crippen molar-refractivity contribution in [1.82, 2.24) is 4.98 Å². The van der Waals surface area contributed by atoms with Gasteiger partial charge in [-0.1, -0.05) is 0 Å². The van der Waals surface area contributed by atoms with Gasteiger partial charge >= 0.3 is 12.1 Å². The number of nitrogens with zero attached hydrogens (tertiary/aromatic N) is 1. The second-order valence-electron chi connectivity index (χ2n) is 2.74. The number of carboxylic acid groups (broad SMARTS) is 1. The van der Waals surface area contributed by atoms with Gasteiger partial charge < -0.3 is 5.11 Å². The highest BCUT2D eigenvalue weighted by molar-refractivity contribution is 5.85. The lowest BCUT2D eigenvalue weighted by atomic mass is 10.1. The molecule has 0 amide bonds. The first-order valence-corrected chi connectivity index (χ1v) is 3.83. The highest BCUT2D eigenvalue weighted by Crippen LogP contribution is 2.34. The standard InChI is InChI=1S/C8H4F5NO2/c9-6(10)3-1-2-4(7(15)16)14-5(3)8(11,12)13/h1-2,6H,(H,15,16). The molecule has 1 N–H and O–H groups in total. The van der Waals surface area contributed by atoms with E-state index in [1.165, 1.54) is 0 Å². The van der Waals surface area contributed by atoms with E-state index in [0.717, 1.165) is 0 Å². The van der Waals surface area contributed by atoms with Gasteiger partial charge in [0.05, 0.1) is 0 Å². The summed E-state index contributed by atoms with van der Waals surface area (Å²) in [7, 11) is 0. The van der Waals surface area contributed by atoms with Gasteiger partial charge in [-0.15, -0.1) is 0 Å². The monoisotopic (exact) mass is 241 g/mol. The molecule has 0 saturated carbocycles. The molecule has 16 heavy (non-hydrogen) atoms. The van der Waals surface area contributed by atoms with Gasteiger partial charge in [0.1, 0.15) is 5.69 Å². The molecule has 0 spiro atoms. The Kier molecular flexibility index (Phi) is 3.11. The zero-order valence-electron chi connectivity index (χ0n) is 7.42. The summed E-state index contributed by atoms with van der Waals surface area (Å²) < 4.78 is 61.2. The molecule has 0 atom stereocenters. The molecule has 1 aromatic rings. The molecule has 8 heteroatoms. The van der Waals surface area contributed by atoms with Crippen LogP contribution in [-0.2, 0) is 6.18 Å². The van der Waals surface area contributed by atoms with Crippen LogP contribution in [0.4, 0.5) is 22.0 Å². The zero-order valence-corrected chi connectivity index (χ0v) is 7.42. The van der Waals surface area contributed by atoms with Gasteiger partial charge in [0, 0.05) is 5.56 Å². The summed E-state index contributed by atoms with van der Waals surface area (Å²) in [5.41, 5.74) is -4.14. The Morgan fingerprint density at radius 1 is 1.31 bits per heavy atom. The molecule has 1 rings (SSSR count). The predicted octanol–water partition coefficient (Wildman–Crippen LogP) is 2.74. The number of hydrogen-bond acceptors (Lipinski definition) is 2. The van der Waals surface area contributed by atoms with Crippen molar-refractivity contribution >= 4 is 5.97 Å². The number of aromatic carboxylic acids is 1. The van der Waals surface area contributed by atoms with E-state index in [1.807, 2.05) is 0 Å². The summed E-state index contributed by atoms with van der Waals surface area (Å²) >= 11 is 0. The number of halogens is 5. The summed E-state index contributed by atoms with van der Waals surface area (Å²) in [6.45, 7) is 0. The molecule has 0 radical (unpaired) electrons. The van der Waals surface area contributed by atoms with Crippen LogP contribution in [0.25, 0.3) is 0 Å². The SMILES string of the molecule is O=C(O)c1ccc(C(F)F)c(C(F)(F)F)n1. The van der Waals surface area contributed by atoms with E-state index < -0.39 is 35.5 Å². The summed E-state index contributed by atoms with van der Waals surface area (Å²) in [4.78, 5) is 13.0. The lowest BCUT2D eigenvalue weighted by Gasteiger charge is -2.11. The van der Waals surface area contributed by atoms with Gasteiger partial charge in [-0.2, -0.15) is 13.2 Å². The molecule has 3 nitrogen and oxygen atoms in total. The molecule has 0 aliphatic heterocycles. The van der Waals surface area contributed by atoms with Crippen molar-refractivity contribution in [3.05, 3.63) is 29.1 Å². The van der Waals surface area contributed by atoms with Crippen LogP contribution in [0.3, 0.4) is 0 Å². The maximum Gasteiger partial charge on any atom is 0.433 e. The van der Waals surface area contributed by atoms with Gasteiger partial charge in [-0.25, -0.2) is 18.6 Å². The molecular formula is C8H4F5NO2. The molecule has 0 saturated heterocycles. The molecule has 0 aliphatic rings. The van der Waals surface area contributed by atoms with E-state index in [4.69, 9.17) is 5.11 Å². The Balaban J connectivity index is 3.39. The average Bonchev–Trinajstić information content (AvgIpc) is 2.15. The smallest absolute Gasteiger partial charge is 0.433 e. The fourth-order valence-corrected chi connectivity index (χ4v) is 0.992. The van der Waals surface area contributed by atoms with Crippen LogP contribution >= 0.6 is 0 Å². The molecular weight excluding hydrogens is 237 g/mol. The quantitative estimate of drug-likeness (QED) is 0.810. The number of hydrogen-bond donors (Lipinski definition) is 1. The Morgan fingerprint density at radius 2 is 1.88 bits per heavy atom. The summed E-state index contributed by atoms with van der Waals surface area (Å²) in [5, 5.41) is 8.39. The summed E-state index contributed by atoms with van der Waals surface area (Å²) in [6, 6.07) is 1.00. The van der Waals surface area contributed by atoms with Crippen molar-refractivity contribution in [2.45, 2.75) is 12.6 Å². The van der Waals surface area contributed by atoms with Crippen molar-refractivity contribution in [3.63, 3.8) is 0 Å². The van der Waals surface area contributed by atoms with E-state index in [1.54, 1.807) is 0 Å². The molecule has 0 fully saturated rings. The number of alkyl halides is 5. The van der Waals surface area contributed by atoms with Crippen molar-refractivity contribution in [1.29, 1.82) is 0 Å². The third-order valence-electron chi connectivity index (χ3n) is 1.65. The minimum absolute atomic E-state index is 0.407. The third-order valence-corrected chi connectivity index (χ3v) is 1.65. The molecule has 88 valence electrons. The zero-order chi connectivity index (χ0) is 12.5. The minimum Gasteiger partial charge on any atom is -0.477 e. The molecule has 0 unspecified atom stereocenters. The molecule has 1 aromatic heterocycles. The summed E-state index contributed by atoms with van der Waals surface area (Å²) in [5.74, 6) is -1.72. The van der Waals surface area contributed by atoms with Crippen molar-refractivity contribution in [3.8, 4) is 0 Å². The topological polar surface area (TPSA) is 50.2 Å². The van der Waals surface area contributed by atoms with Crippen LogP contribution in [0.5, 0.6) is 0 Å². The molecule has 0 aliphatic carbocycles. The van der Waals surface area contributed by atoms with Crippen LogP contribution in [0.2, 0.25) is 0 Å². The average molecular weight is 241 g/mol. The number of carboxylic acids is 1. The Bertz CT molecular complexity index is 415. The predicted molar refractivity (Wildman–Crippen MR) is 41.2 cm³/mol. The van der Waals surface area contributed by atoms with Gasteiger partial charge in [0.15, 0.2) is 5.69 Å². The fraction of sp³-hybridized carbons (Fsp3) is 0.250. The molecule has 1 heterocycles. The Labute approximate surface area is 85.5 Å². The normalized spacial score (nSPS) is 11.9. The molecule has 0 aromatic carbocycles. The number of carbonyl (C=O) groups is 1. The first-order chi connectivity index (χ1) is 7.23. The van der Waals surface area contributed by atoms with Crippen molar-refractivity contribution < 1.29 is 31.9 Å². The van der Waals surface area contributed by atoms with Gasteiger partial charge in [0.2, 0.25) is 0 Å². The van der Waals surface area contributed by atoms with Gasteiger partial charge in [0.25, 0.3) is 6.43 Å². The Hall–Kier alpha value is -1.73. The molecule has 0 bridgehead atoms. The van der Waals surface area contributed by atoms with E-state index in [2.05, 4.69) is 4.98 Å². The van der Waals surface area contributed by atoms with Crippen LogP contribution in [-0.4, -0.2) is 16.1 Å². The highest BCUT2D eigenvalue weighted by atomic mass is 19.4. The lowest BCUT2D eigenvalue weighted by molar-refractivity contribution is -0.143. The maximum absolute atomic E-state index is 12.3. The van der Waals surface area contributed by atoms with E-state index in [-0.39, 0.29) is 0 Å². The second kappa shape index (κ2) is 4.03. The van der Waals surface area contributed by atoms with Crippen LogP contribution in [0, 0.1) is 0 Å². The number of aromatic nitrogens is 1. The largest absolute Gasteiger partial charge is 0.477 e. The van der Waals surface area contributed by atoms with Crippen LogP contribution in [0.15, 0.2) is 12.1 Å². The minimum atomic E-state index is -5.11. The maximum atomic E-state index is 12.3. The lowest BCUT2D eigenvalue weighted by Crippen LogP contribution is -2.15. The fourth-order valence-electron chi connectivity index (χ4n) is 0.992. The Morgan fingerprint density at radius 3 is 2.25 bits per heavy atom. The first-order valence-electron chi connectivity index (χ1n) is 3.83. The highest BCUT2D eigenvalue weighted by Gasteiger charge is 2.38. The van der Waals surface area contributed by atoms with Crippen LogP contribution < -0.4 is 0 Å².